The van der Waals surface area contributed by atoms with E-state index in [9.17, 15) is 9.59 Å². The van der Waals surface area contributed by atoms with Gasteiger partial charge in [0.2, 0.25) is 11.8 Å². The molecular weight excluding hydrogens is 306 g/mol. The topological polar surface area (TPSA) is 61.9 Å². The van der Waals surface area contributed by atoms with Gasteiger partial charge in [-0.25, -0.2) is 0 Å². The fourth-order valence-corrected chi connectivity index (χ4v) is 4.15. The Morgan fingerprint density at radius 1 is 1.04 bits per heavy atom. The number of rotatable bonds is 3. The lowest BCUT2D eigenvalue weighted by Crippen LogP contribution is -2.60. The van der Waals surface area contributed by atoms with Crippen molar-refractivity contribution < 1.29 is 14.3 Å². The normalized spacial score (nSPS) is 29.5. The Labute approximate surface area is 144 Å². The van der Waals surface area contributed by atoms with Crippen LogP contribution in [0.2, 0.25) is 0 Å². The van der Waals surface area contributed by atoms with Crippen molar-refractivity contribution in [3.05, 3.63) is 0 Å². The predicted octanol–water partition coefficient (Wildman–Crippen LogP) is 1.00. The van der Waals surface area contributed by atoms with Gasteiger partial charge in [0.25, 0.3) is 0 Å². The van der Waals surface area contributed by atoms with Gasteiger partial charge in [0, 0.05) is 39.1 Å². The number of amides is 2. The second kappa shape index (κ2) is 8.30. The SMILES string of the molecule is C[C@H]1OCCN[C@@H]1C(=O)N1CCN(C(=O)CC2CCCCC2)CC1. The Hall–Kier alpha value is -1.14. The number of piperazine rings is 1. The molecule has 2 atom stereocenters. The fraction of sp³-hybridized carbons (Fsp3) is 0.889. The Balaban J connectivity index is 1.44. The summed E-state index contributed by atoms with van der Waals surface area (Å²) in [5.41, 5.74) is 0. The molecule has 1 N–H and O–H groups in total. The Morgan fingerprint density at radius 2 is 1.71 bits per heavy atom. The number of nitrogens with zero attached hydrogens (tertiary/aromatic N) is 2. The zero-order valence-electron chi connectivity index (χ0n) is 14.8. The Kier molecular flexibility index (Phi) is 6.11. The molecule has 6 heteroatoms. The van der Waals surface area contributed by atoms with Gasteiger partial charge in [0.15, 0.2) is 0 Å². The molecule has 2 amide bonds. The standard InChI is InChI=1S/C18H31N3O3/c1-14-17(19-7-12-24-14)18(23)21-10-8-20(9-11-21)16(22)13-15-5-3-2-4-6-15/h14-15,17,19H,2-13H2,1H3/t14-,17+/m1/s1. The molecule has 0 aromatic heterocycles. The van der Waals surface area contributed by atoms with Crippen LogP contribution in [0, 0.1) is 5.92 Å². The average molecular weight is 337 g/mol. The van der Waals surface area contributed by atoms with E-state index < -0.39 is 0 Å². The highest BCUT2D eigenvalue weighted by molar-refractivity contribution is 5.83. The molecule has 2 aliphatic heterocycles. The maximum atomic E-state index is 12.6. The van der Waals surface area contributed by atoms with E-state index in [2.05, 4.69) is 5.32 Å². The second-order valence-corrected chi connectivity index (χ2v) is 7.42. The largest absolute Gasteiger partial charge is 0.375 e. The van der Waals surface area contributed by atoms with Crippen molar-refractivity contribution in [1.29, 1.82) is 0 Å². The zero-order chi connectivity index (χ0) is 16.9. The third kappa shape index (κ3) is 4.28. The number of hydrogen-bond donors (Lipinski definition) is 1. The highest BCUT2D eigenvalue weighted by Gasteiger charge is 2.34. The molecule has 1 saturated carbocycles. The molecule has 3 rings (SSSR count). The molecule has 1 aliphatic carbocycles. The first kappa shape index (κ1) is 17.7. The monoisotopic (exact) mass is 337 g/mol. The summed E-state index contributed by atoms with van der Waals surface area (Å²) in [6.45, 7) is 5.94. The lowest BCUT2D eigenvalue weighted by Gasteiger charge is -2.39. The summed E-state index contributed by atoms with van der Waals surface area (Å²) in [4.78, 5) is 29.0. The van der Waals surface area contributed by atoms with Crippen LogP contribution in [0.15, 0.2) is 0 Å². The van der Waals surface area contributed by atoms with E-state index in [1.807, 2.05) is 16.7 Å². The minimum Gasteiger partial charge on any atom is -0.375 e. The van der Waals surface area contributed by atoms with Gasteiger partial charge in [-0.15, -0.1) is 0 Å². The molecule has 24 heavy (non-hydrogen) atoms. The van der Waals surface area contributed by atoms with E-state index in [1.54, 1.807) is 0 Å². The number of ether oxygens (including phenoxy) is 1. The first-order chi connectivity index (χ1) is 11.6. The van der Waals surface area contributed by atoms with E-state index in [-0.39, 0.29) is 24.0 Å². The number of carbonyl (C=O) groups is 2. The van der Waals surface area contributed by atoms with Crippen molar-refractivity contribution in [1.82, 2.24) is 15.1 Å². The summed E-state index contributed by atoms with van der Waals surface area (Å²) < 4.78 is 5.57. The first-order valence-electron chi connectivity index (χ1n) is 9.56. The van der Waals surface area contributed by atoms with Crippen molar-refractivity contribution in [3.8, 4) is 0 Å². The summed E-state index contributed by atoms with van der Waals surface area (Å²) in [5, 5.41) is 3.26. The lowest BCUT2D eigenvalue weighted by molar-refractivity contribution is -0.145. The molecule has 0 aromatic rings. The predicted molar refractivity (Wildman–Crippen MR) is 91.6 cm³/mol. The van der Waals surface area contributed by atoms with Crippen LogP contribution in [-0.2, 0) is 14.3 Å². The first-order valence-corrected chi connectivity index (χ1v) is 9.56. The summed E-state index contributed by atoms with van der Waals surface area (Å²) in [7, 11) is 0. The van der Waals surface area contributed by atoms with E-state index in [4.69, 9.17) is 4.74 Å². The third-order valence-corrected chi connectivity index (χ3v) is 5.71. The van der Waals surface area contributed by atoms with Crippen LogP contribution in [0.1, 0.15) is 45.4 Å². The van der Waals surface area contributed by atoms with E-state index in [0.29, 0.717) is 45.1 Å². The van der Waals surface area contributed by atoms with Crippen LogP contribution >= 0.6 is 0 Å². The zero-order valence-corrected chi connectivity index (χ0v) is 14.8. The number of nitrogens with one attached hydrogen (secondary N) is 1. The molecule has 2 saturated heterocycles. The van der Waals surface area contributed by atoms with Gasteiger partial charge in [-0.3, -0.25) is 9.59 Å². The van der Waals surface area contributed by atoms with Crippen LogP contribution in [0.4, 0.5) is 0 Å². The Morgan fingerprint density at radius 3 is 2.38 bits per heavy atom. The summed E-state index contributed by atoms with van der Waals surface area (Å²) >= 11 is 0. The molecule has 3 fully saturated rings. The van der Waals surface area contributed by atoms with Gasteiger partial charge in [-0.05, 0) is 25.7 Å². The average Bonchev–Trinajstić information content (AvgIpc) is 2.62. The summed E-state index contributed by atoms with van der Waals surface area (Å²) in [5.74, 6) is 0.971. The van der Waals surface area contributed by atoms with Crippen molar-refractivity contribution in [2.45, 2.75) is 57.6 Å². The smallest absolute Gasteiger partial charge is 0.242 e. The summed E-state index contributed by atoms with van der Waals surface area (Å²) in [6, 6.07) is -0.247. The minimum absolute atomic E-state index is 0.0859. The van der Waals surface area contributed by atoms with Gasteiger partial charge in [0.05, 0.1) is 12.7 Å². The van der Waals surface area contributed by atoms with Crippen LogP contribution in [-0.4, -0.2) is 73.1 Å². The lowest BCUT2D eigenvalue weighted by atomic mass is 9.86. The minimum atomic E-state index is -0.247. The molecule has 136 valence electrons. The maximum Gasteiger partial charge on any atom is 0.242 e. The number of hydrogen-bond acceptors (Lipinski definition) is 4. The van der Waals surface area contributed by atoms with E-state index in [0.717, 1.165) is 6.54 Å². The highest BCUT2D eigenvalue weighted by Crippen LogP contribution is 2.27. The van der Waals surface area contributed by atoms with Crippen LogP contribution in [0.5, 0.6) is 0 Å². The van der Waals surface area contributed by atoms with Gasteiger partial charge >= 0.3 is 0 Å². The highest BCUT2D eigenvalue weighted by atomic mass is 16.5. The molecule has 0 bridgehead atoms. The number of morpholine rings is 1. The quantitative estimate of drug-likeness (QED) is 0.835. The molecule has 0 spiro atoms. The molecule has 0 radical (unpaired) electrons. The van der Waals surface area contributed by atoms with Crippen LogP contribution in [0.3, 0.4) is 0 Å². The van der Waals surface area contributed by atoms with Crippen molar-refractivity contribution in [3.63, 3.8) is 0 Å². The van der Waals surface area contributed by atoms with Crippen LogP contribution in [0.25, 0.3) is 0 Å². The Bertz CT molecular complexity index is 443. The molecule has 0 unspecified atom stereocenters. The van der Waals surface area contributed by atoms with Gasteiger partial charge in [-0.2, -0.15) is 0 Å². The van der Waals surface area contributed by atoms with Gasteiger partial charge in [-0.1, -0.05) is 19.3 Å². The van der Waals surface area contributed by atoms with Crippen molar-refractivity contribution in [2.24, 2.45) is 5.92 Å². The second-order valence-electron chi connectivity index (χ2n) is 7.42. The fourth-order valence-electron chi connectivity index (χ4n) is 4.15. The summed E-state index contributed by atoms with van der Waals surface area (Å²) in [6.07, 6.45) is 6.89. The van der Waals surface area contributed by atoms with Gasteiger partial charge in [0.1, 0.15) is 6.04 Å². The van der Waals surface area contributed by atoms with E-state index >= 15 is 0 Å². The van der Waals surface area contributed by atoms with Crippen molar-refractivity contribution in [2.75, 3.05) is 39.3 Å². The van der Waals surface area contributed by atoms with Crippen molar-refractivity contribution >= 4 is 11.8 Å². The molecular formula is C18H31N3O3. The molecule has 2 heterocycles. The molecule has 0 aromatic carbocycles. The van der Waals surface area contributed by atoms with Gasteiger partial charge < -0.3 is 19.9 Å². The van der Waals surface area contributed by atoms with Crippen LogP contribution < -0.4 is 5.32 Å². The molecule has 6 nitrogen and oxygen atoms in total. The number of carbonyl (C=O) groups excluding carboxylic acids is 2. The maximum absolute atomic E-state index is 12.6. The molecule has 3 aliphatic rings. The third-order valence-electron chi connectivity index (χ3n) is 5.71. The van der Waals surface area contributed by atoms with E-state index in [1.165, 1.54) is 32.1 Å².